The Morgan fingerprint density at radius 2 is 2.00 bits per heavy atom. The van der Waals surface area contributed by atoms with Crippen molar-refractivity contribution in [1.82, 2.24) is 0 Å². The zero-order valence-electron chi connectivity index (χ0n) is 14.8. The van der Waals surface area contributed by atoms with E-state index in [2.05, 4.69) is 17.4 Å². The highest BCUT2D eigenvalue weighted by Gasteiger charge is 2.09. The van der Waals surface area contributed by atoms with Crippen molar-refractivity contribution in [1.29, 1.82) is 5.26 Å². The lowest BCUT2D eigenvalue weighted by atomic mass is 10.1. The normalized spacial score (nSPS) is 10.7. The van der Waals surface area contributed by atoms with Gasteiger partial charge in [-0.2, -0.15) is 5.26 Å². The van der Waals surface area contributed by atoms with Gasteiger partial charge in [0, 0.05) is 18.0 Å². The SMILES string of the molecule is CCOC(=O)/C(C#N)=C\Nc1cccc(OCCCc2ccccc2)c1. The second-order valence-corrected chi connectivity index (χ2v) is 5.50. The molecule has 0 bridgehead atoms. The minimum atomic E-state index is -0.643. The van der Waals surface area contributed by atoms with Gasteiger partial charge in [-0.1, -0.05) is 36.4 Å². The fraction of sp³-hybridized carbons (Fsp3) is 0.238. The fourth-order valence-corrected chi connectivity index (χ4v) is 2.29. The molecule has 0 fully saturated rings. The summed E-state index contributed by atoms with van der Waals surface area (Å²) in [6.45, 7) is 2.53. The second-order valence-electron chi connectivity index (χ2n) is 5.50. The first kappa shape index (κ1) is 19.1. The highest BCUT2D eigenvalue weighted by molar-refractivity contribution is 5.93. The van der Waals surface area contributed by atoms with Crippen LogP contribution in [0.2, 0.25) is 0 Å². The van der Waals surface area contributed by atoms with Crippen molar-refractivity contribution in [2.75, 3.05) is 18.5 Å². The Kier molecular flexibility index (Phi) is 7.75. The summed E-state index contributed by atoms with van der Waals surface area (Å²) < 4.78 is 10.6. The van der Waals surface area contributed by atoms with Gasteiger partial charge in [-0.25, -0.2) is 4.79 Å². The zero-order chi connectivity index (χ0) is 18.6. The van der Waals surface area contributed by atoms with Crippen LogP contribution in [0.3, 0.4) is 0 Å². The maximum atomic E-state index is 11.6. The number of nitrogens with one attached hydrogen (secondary N) is 1. The molecular weight excluding hydrogens is 328 g/mol. The molecule has 0 saturated heterocycles. The number of carbonyl (C=O) groups excluding carboxylic acids is 1. The Labute approximate surface area is 153 Å². The highest BCUT2D eigenvalue weighted by atomic mass is 16.5. The van der Waals surface area contributed by atoms with Crippen LogP contribution in [-0.2, 0) is 16.0 Å². The van der Waals surface area contributed by atoms with E-state index in [0.29, 0.717) is 6.61 Å². The summed E-state index contributed by atoms with van der Waals surface area (Å²) in [5.74, 6) is 0.0851. The van der Waals surface area contributed by atoms with E-state index in [9.17, 15) is 4.79 Å². The lowest BCUT2D eigenvalue weighted by molar-refractivity contribution is -0.138. The van der Waals surface area contributed by atoms with E-state index >= 15 is 0 Å². The van der Waals surface area contributed by atoms with Crippen LogP contribution < -0.4 is 10.1 Å². The maximum Gasteiger partial charge on any atom is 0.350 e. The van der Waals surface area contributed by atoms with Crippen molar-refractivity contribution in [3.05, 3.63) is 71.9 Å². The number of hydrogen-bond donors (Lipinski definition) is 1. The van der Waals surface area contributed by atoms with Crippen molar-refractivity contribution in [3.63, 3.8) is 0 Å². The lowest BCUT2D eigenvalue weighted by Crippen LogP contribution is -2.08. The molecule has 0 aliphatic carbocycles. The summed E-state index contributed by atoms with van der Waals surface area (Å²) in [6, 6.07) is 19.5. The number of nitrogens with zero attached hydrogens (tertiary/aromatic N) is 1. The number of nitriles is 1. The zero-order valence-corrected chi connectivity index (χ0v) is 14.8. The van der Waals surface area contributed by atoms with E-state index in [1.54, 1.807) is 6.92 Å². The predicted octanol–water partition coefficient (Wildman–Crippen LogP) is 4.08. The van der Waals surface area contributed by atoms with Crippen LogP contribution >= 0.6 is 0 Å². The van der Waals surface area contributed by atoms with Gasteiger partial charge in [0.05, 0.1) is 13.2 Å². The molecule has 2 aromatic carbocycles. The molecule has 5 heteroatoms. The Morgan fingerprint density at radius 1 is 1.19 bits per heavy atom. The van der Waals surface area contributed by atoms with Crippen LogP contribution in [0.1, 0.15) is 18.9 Å². The molecule has 0 aromatic heterocycles. The Balaban J connectivity index is 1.85. The third-order valence-electron chi connectivity index (χ3n) is 3.55. The van der Waals surface area contributed by atoms with Crippen LogP contribution in [0.25, 0.3) is 0 Å². The first-order valence-electron chi connectivity index (χ1n) is 8.53. The standard InChI is InChI=1S/C21H22N2O3/c1-2-25-21(24)18(15-22)16-23-19-11-6-12-20(14-19)26-13-7-10-17-8-4-3-5-9-17/h3-6,8-9,11-12,14,16,23H,2,7,10,13H2,1H3/b18-16-. The molecule has 0 radical (unpaired) electrons. The lowest BCUT2D eigenvalue weighted by Gasteiger charge is -2.08. The molecular formula is C21H22N2O3. The van der Waals surface area contributed by atoms with E-state index in [1.165, 1.54) is 11.8 Å². The average molecular weight is 350 g/mol. The first-order chi connectivity index (χ1) is 12.7. The molecule has 2 aromatic rings. The monoisotopic (exact) mass is 350 g/mol. The second kappa shape index (κ2) is 10.6. The van der Waals surface area contributed by atoms with Gasteiger partial charge in [-0.3, -0.25) is 0 Å². The number of rotatable bonds is 9. The van der Waals surface area contributed by atoms with Crippen LogP contribution in [0, 0.1) is 11.3 Å². The summed E-state index contributed by atoms with van der Waals surface area (Å²) in [5, 5.41) is 11.9. The van der Waals surface area contributed by atoms with Crippen molar-refractivity contribution in [2.24, 2.45) is 0 Å². The van der Waals surface area contributed by atoms with Gasteiger partial charge in [-0.15, -0.1) is 0 Å². The number of esters is 1. The number of aryl methyl sites for hydroxylation is 1. The van der Waals surface area contributed by atoms with Crippen LogP contribution in [0.15, 0.2) is 66.4 Å². The summed E-state index contributed by atoms with van der Waals surface area (Å²) in [4.78, 5) is 11.6. The van der Waals surface area contributed by atoms with Crippen molar-refractivity contribution in [2.45, 2.75) is 19.8 Å². The van der Waals surface area contributed by atoms with Crippen LogP contribution in [0.5, 0.6) is 5.75 Å². The molecule has 0 aliphatic heterocycles. The molecule has 0 saturated carbocycles. The van der Waals surface area contributed by atoms with Gasteiger partial charge in [0.2, 0.25) is 0 Å². The number of ether oxygens (including phenoxy) is 2. The molecule has 0 heterocycles. The number of benzene rings is 2. The maximum absolute atomic E-state index is 11.6. The minimum Gasteiger partial charge on any atom is -0.494 e. The van der Waals surface area contributed by atoms with Gasteiger partial charge < -0.3 is 14.8 Å². The van der Waals surface area contributed by atoms with E-state index in [4.69, 9.17) is 14.7 Å². The predicted molar refractivity (Wildman–Crippen MR) is 101 cm³/mol. The molecule has 0 unspecified atom stereocenters. The molecule has 5 nitrogen and oxygen atoms in total. The van der Waals surface area contributed by atoms with Gasteiger partial charge >= 0.3 is 5.97 Å². The van der Waals surface area contributed by atoms with E-state index in [0.717, 1.165) is 24.3 Å². The Bertz CT molecular complexity index is 779. The molecule has 0 atom stereocenters. The molecule has 0 amide bonds. The van der Waals surface area contributed by atoms with E-state index in [1.807, 2.05) is 48.5 Å². The Hall–Kier alpha value is -3.26. The molecule has 1 N–H and O–H groups in total. The highest BCUT2D eigenvalue weighted by Crippen LogP contribution is 2.18. The average Bonchev–Trinajstić information content (AvgIpc) is 2.67. The summed E-state index contributed by atoms with van der Waals surface area (Å²) in [7, 11) is 0. The van der Waals surface area contributed by atoms with Crippen molar-refractivity contribution >= 4 is 11.7 Å². The number of carbonyl (C=O) groups is 1. The largest absolute Gasteiger partial charge is 0.494 e. The van der Waals surface area contributed by atoms with Gasteiger partial charge in [-0.05, 0) is 37.5 Å². The van der Waals surface area contributed by atoms with Gasteiger partial charge in [0.25, 0.3) is 0 Å². The minimum absolute atomic E-state index is 0.0824. The number of hydrogen-bond acceptors (Lipinski definition) is 5. The Morgan fingerprint density at radius 3 is 2.73 bits per heavy atom. The molecule has 2 rings (SSSR count). The third kappa shape index (κ3) is 6.33. The van der Waals surface area contributed by atoms with Gasteiger partial charge in [0.15, 0.2) is 5.57 Å². The summed E-state index contributed by atoms with van der Waals surface area (Å²) in [5.41, 5.74) is 1.93. The van der Waals surface area contributed by atoms with Gasteiger partial charge in [0.1, 0.15) is 11.8 Å². The summed E-state index contributed by atoms with van der Waals surface area (Å²) in [6.07, 6.45) is 3.22. The third-order valence-corrected chi connectivity index (χ3v) is 3.55. The van der Waals surface area contributed by atoms with Crippen LogP contribution in [0.4, 0.5) is 5.69 Å². The van der Waals surface area contributed by atoms with Crippen molar-refractivity contribution in [3.8, 4) is 11.8 Å². The topological polar surface area (TPSA) is 71.4 Å². The van der Waals surface area contributed by atoms with E-state index < -0.39 is 5.97 Å². The summed E-state index contributed by atoms with van der Waals surface area (Å²) >= 11 is 0. The van der Waals surface area contributed by atoms with Crippen molar-refractivity contribution < 1.29 is 14.3 Å². The quantitative estimate of drug-likeness (QED) is 0.319. The smallest absolute Gasteiger partial charge is 0.350 e. The molecule has 134 valence electrons. The molecule has 0 aliphatic rings. The molecule has 26 heavy (non-hydrogen) atoms. The van der Waals surface area contributed by atoms with Crippen LogP contribution in [-0.4, -0.2) is 19.2 Å². The number of anilines is 1. The molecule has 0 spiro atoms. The fourth-order valence-electron chi connectivity index (χ4n) is 2.29. The first-order valence-corrected chi connectivity index (χ1v) is 8.53. The van der Waals surface area contributed by atoms with E-state index in [-0.39, 0.29) is 12.2 Å².